The molecule has 1 heterocycles. The maximum Gasteiger partial charge on any atom is 0.306 e. The van der Waals surface area contributed by atoms with Crippen LogP contribution in [0.25, 0.3) is 0 Å². The predicted molar refractivity (Wildman–Crippen MR) is 125 cm³/mol. The summed E-state index contributed by atoms with van der Waals surface area (Å²) in [5, 5.41) is 2.73. The van der Waals surface area contributed by atoms with Crippen molar-refractivity contribution in [2.45, 2.75) is 26.7 Å². The maximum absolute atomic E-state index is 12.1. The van der Waals surface area contributed by atoms with Crippen LogP contribution in [0.4, 0.5) is 11.4 Å². The number of esters is 1. The Morgan fingerprint density at radius 1 is 0.906 bits per heavy atom. The van der Waals surface area contributed by atoms with Gasteiger partial charge in [0.2, 0.25) is 0 Å². The van der Waals surface area contributed by atoms with E-state index in [1.54, 1.807) is 12.1 Å². The third kappa shape index (κ3) is 6.92. The second-order valence-electron chi connectivity index (χ2n) is 7.97. The van der Waals surface area contributed by atoms with Crippen molar-refractivity contribution in [3.63, 3.8) is 0 Å². The molecule has 0 unspecified atom stereocenters. The van der Waals surface area contributed by atoms with Gasteiger partial charge in [-0.25, -0.2) is 0 Å². The van der Waals surface area contributed by atoms with Gasteiger partial charge in [-0.3, -0.25) is 14.4 Å². The predicted octanol–water partition coefficient (Wildman–Crippen LogP) is 3.28. The Balaban J connectivity index is 1.37. The molecule has 0 spiro atoms. The molecule has 7 heteroatoms. The molecule has 2 aromatic carbocycles. The molecular formula is C25H31N3O4. The van der Waals surface area contributed by atoms with Gasteiger partial charge in [-0.05, 0) is 37.7 Å². The highest BCUT2D eigenvalue weighted by atomic mass is 16.5. The van der Waals surface area contributed by atoms with Crippen LogP contribution >= 0.6 is 0 Å². The van der Waals surface area contributed by atoms with Crippen molar-refractivity contribution in [2.75, 3.05) is 49.5 Å². The smallest absolute Gasteiger partial charge is 0.306 e. The van der Waals surface area contributed by atoms with E-state index < -0.39 is 11.9 Å². The minimum absolute atomic E-state index is 0.0531. The highest BCUT2D eigenvalue weighted by Gasteiger charge is 2.16. The van der Waals surface area contributed by atoms with Crippen molar-refractivity contribution >= 4 is 29.0 Å². The molecular weight excluding hydrogens is 406 g/mol. The molecule has 2 aromatic rings. The molecule has 170 valence electrons. The van der Waals surface area contributed by atoms with E-state index in [1.807, 2.05) is 43.3 Å². The van der Waals surface area contributed by atoms with Crippen LogP contribution in [0.5, 0.6) is 0 Å². The van der Waals surface area contributed by atoms with Gasteiger partial charge in [0.15, 0.2) is 12.4 Å². The number of piperazine rings is 1. The first-order valence-electron chi connectivity index (χ1n) is 11.1. The van der Waals surface area contributed by atoms with Crippen LogP contribution in [0.2, 0.25) is 0 Å². The van der Waals surface area contributed by atoms with Gasteiger partial charge >= 0.3 is 5.97 Å². The maximum atomic E-state index is 12.1. The van der Waals surface area contributed by atoms with E-state index in [-0.39, 0.29) is 25.2 Å². The highest BCUT2D eigenvalue weighted by Crippen LogP contribution is 2.19. The van der Waals surface area contributed by atoms with Gasteiger partial charge in [-0.1, -0.05) is 36.8 Å². The molecule has 0 aromatic heterocycles. The number of amides is 1. The molecule has 0 atom stereocenters. The zero-order chi connectivity index (χ0) is 22.9. The Morgan fingerprint density at radius 3 is 2.19 bits per heavy atom. The molecule has 0 aliphatic carbocycles. The molecule has 1 fully saturated rings. The molecule has 0 bridgehead atoms. The lowest BCUT2D eigenvalue weighted by Crippen LogP contribution is -2.46. The summed E-state index contributed by atoms with van der Waals surface area (Å²) in [6.45, 7) is 8.90. The van der Waals surface area contributed by atoms with Crippen molar-refractivity contribution in [1.29, 1.82) is 0 Å². The molecule has 0 radical (unpaired) electrons. The standard InChI is InChI=1S/C25H31N3O4/c1-3-27-14-16-28(17-15-27)22-10-8-21(9-11-22)26-24(30)18-32-25(31)13-12-23(29)20-6-4-19(2)5-7-20/h4-11H,3,12-18H2,1-2H3,(H,26,30). The van der Waals surface area contributed by atoms with Crippen molar-refractivity contribution in [3.8, 4) is 0 Å². The van der Waals surface area contributed by atoms with E-state index in [1.165, 1.54) is 0 Å². The fourth-order valence-corrected chi connectivity index (χ4v) is 3.59. The van der Waals surface area contributed by atoms with Gasteiger partial charge in [0.05, 0.1) is 6.42 Å². The number of aryl methyl sites for hydroxylation is 1. The fraction of sp³-hybridized carbons (Fsp3) is 0.400. The second-order valence-corrected chi connectivity index (χ2v) is 7.97. The summed E-state index contributed by atoms with van der Waals surface area (Å²) in [7, 11) is 0. The Labute approximate surface area is 189 Å². The number of carbonyl (C=O) groups is 3. The number of ketones is 1. The molecule has 0 saturated carbocycles. The Hall–Kier alpha value is -3.19. The summed E-state index contributed by atoms with van der Waals surface area (Å²) < 4.78 is 5.00. The van der Waals surface area contributed by atoms with E-state index >= 15 is 0 Å². The van der Waals surface area contributed by atoms with Crippen LogP contribution < -0.4 is 10.2 Å². The topological polar surface area (TPSA) is 79.0 Å². The van der Waals surface area contributed by atoms with Crippen LogP contribution in [0, 0.1) is 6.92 Å². The minimum atomic E-state index is -0.567. The second kappa shape index (κ2) is 11.4. The van der Waals surface area contributed by atoms with E-state index in [0.717, 1.165) is 44.0 Å². The SMILES string of the molecule is CCN1CCN(c2ccc(NC(=O)COC(=O)CCC(=O)c3ccc(C)cc3)cc2)CC1. The van der Waals surface area contributed by atoms with Gasteiger partial charge in [-0.15, -0.1) is 0 Å². The van der Waals surface area contributed by atoms with Crippen LogP contribution in [-0.4, -0.2) is 61.9 Å². The third-order valence-corrected chi connectivity index (χ3v) is 5.63. The number of Topliss-reactive ketones (excluding diaryl/α,β-unsaturated/α-hetero) is 1. The van der Waals surface area contributed by atoms with Crippen molar-refractivity contribution < 1.29 is 19.1 Å². The number of anilines is 2. The molecule has 1 amide bonds. The molecule has 7 nitrogen and oxygen atoms in total. The fourth-order valence-electron chi connectivity index (χ4n) is 3.59. The molecule has 32 heavy (non-hydrogen) atoms. The molecule has 1 aliphatic rings. The van der Waals surface area contributed by atoms with Crippen molar-refractivity contribution in [1.82, 2.24) is 4.90 Å². The molecule has 1 N–H and O–H groups in total. The normalized spacial score (nSPS) is 14.1. The summed E-state index contributed by atoms with van der Waals surface area (Å²) in [5.74, 6) is -1.10. The monoisotopic (exact) mass is 437 g/mol. The average molecular weight is 438 g/mol. The van der Waals surface area contributed by atoms with Gasteiger partial charge in [-0.2, -0.15) is 0 Å². The number of likely N-dealkylation sites (N-methyl/N-ethyl adjacent to an activating group) is 1. The lowest BCUT2D eigenvalue weighted by atomic mass is 10.1. The number of ether oxygens (including phenoxy) is 1. The lowest BCUT2D eigenvalue weighted by Gasteiger charge is -2.35. The minimum Gasteiger partial charge on any atom is -0.456 e. The number of benzene rings is 2. The van der Waals surface area contributed by atoms with Crippen LogP contribution in [0.1, 0.15) is 35.7 Å². The van der Waals surface area contributed by atoms with Crippen molar-refractivity contribution in [2.24, 2.45) is 0 Å². The average Bonchev–Trinajstić information content (AvgIpc) is 2.82. The van der Waals surface area contributed by atoms with E-state index in [4.69, 9.17) is 4.74 Å². The number of nitrogens with zero attached hydrogens (tertiary/aromatic N) is 2. The molecule has 1 saturated heterocycles. The van der Waals surface area contributed by atoms with E-state index in [0.29, 0.717) is 11.3 Å². The van der Waals surface area contributed by atoms with E-state index in [9.17, 15) is 14.4 Å². The molecule has 3 rings (SSSR count). The van der Waals surface area contributed by atoms with Gasteiger partial charge in [0, 0.05) is 49.5 Å². The zero-order valence-corrected chi connectivity index (χ0v) is 18.8. The molecule has 1 aliphatic heterocycles. The Bertz CT molecular complexity index is 917. The summed E-state index contributed by atoms with van der Waals surface area (Å²) in [5.41, 5.74) is 3.41. The van der Waals surface area contributed by atoms with E-state index in [2.05, 4.69) is 22.0 Å². The summed E-state index contributed by atoms with van der Waals surface area (Å²) in [6, 6.07) is 14.9. The van der Waals surface area contributed by atoms with Crippen molar-refractivity contribution in [3.05, 3.63) is 59.7 Å². The lowest BCUT2D eigenvalue weighted by molar-refractivity contribution is -0.147. The number of nitrogens with one attached hydrogen (secondary N) is 1. The summed E-state index contributed by atoms with van der Waals surface area (Å²) >= 11 is 0. The number of hydrogen-bond acceptors (Lipinski definition) is 6. The number of rotatable bonds is 9. The number of hydrogen-bond donors (Lipinski definition) is 1. The Morgan fingerprint density at radius 2 is 1.56 bits per heavy atom. The van der Waals surface area contributed by atoms with Gasteiger partial charge in [0.1, 0.15) is 0 Å². The third-order valence-electron chi connectivity index (χ3n) is 5.63. The summed E-state index contributed by atoms with van der Waals surface area (Å²) in [4.78, 5) is 40.9. The zero-order valence-electron chi connectivity index (χ0n) is 18.8. The number of carbonyl (C=O) groups excluding carboxylic acids is 3. The largest absolute Gasteiger partial charge is 0.456 e. The highest BCUT2D eigenvalue weighted by molar-refractivity contribution is 5.98. The van der Waals surface area contributed by atoms with Gasteiger partial charge < -0.3 is 19.9 Å². The first kappa shape index (κ1) is 23.5. The van der Waals surface area contributed by atoms with Crippen LogP contribution in [0.3, 0.4) is 0 Å². The Kier molecular flexibility index (Phi) is 8.39. The summed E-state index contributed by atoms with van der Waals surface area (Å²) in [6.07, 6.45) is -0.00251. The first-order valence-corrected chi connectivity index (χ1v) is 11.1. The first-order chi connectivity index (χ1) is 15.4. The van der Waals surface area contributed by atoms with Gasteiger partial charge in [0.25, 0.3) is 5.91 Å². The van der Waals surface area contributed by atoms with Crippen LogP contribution in [-0.2, 0) is 14.3 Å². The quantitative estimate of drug-likeness (QED) is 0.479. The van der Waals surface area contributed by atoms with Crippen LogP contribution in [0.15, 0.2) is 48.5 Å².